The molecule has 0 amide bonds. The summed E-state index contributed by atoms with van der Waals surface area (Å²) in [5.41, 5.74) is 4.56. The van der Waals surface area contributed by atoms with Crippen molar-refractivity contribution in [1.29, 1.82) is 0 Å². The molecule has 2 aromatic rings. The maximum atomic E-state index is 15.2. The first kappa shape index (κ1) is 17.3. The van der Waals surface area contributed by atoms with Crippen LogP contribution in [0.15, 0.2) is 35.9 Å². The number of aryl methyl sites for hydroxylation is 1. The molecule has 4 rings (SSSR count). The highest BCUT2D eigenvalue weighted by molar-refractivity contribution is 6.17. The van der Waals surface area contributed by atoms with Crippen molar-refractivity contribution in [3.63, 3.8) is 0 Å². The number of ether oxygens (including phenoxy) is 1. The largest absolute Gasteiger partial charge is 0.486 e. The third-order valence-corrected chi connectivity index (χ3v) is 5.85. The summed E-state index contributed by atoms with van der Waals surface area (Å²) in [6.45, 7) is 4.42. The molecule has 2 unspecified atom stereocenters. The van der Waals surface area contributed by atoms with Crippen LogP contribution < -0.4 is 4.74 Å². The lowest BCUT2D eigenvalue weighted by Crippen LogP contribution is -2.10. The van der Waals surface area contributed by atoms with Gasteiger partial charge >= 0.3 is 0 Å². The molecule has 0 heterocycles. The summed E-state index contributed by atoms with van der Waals surface area (Å²) in [7, 11) is 1.87. The molecule has 134 valence electrons. The van der Waals surface area contributed by atoms with E-state index in [4.69, 9.17) is 4.74 Å². The van der Waals surface area contributed by atoms with Gasteiger partial charge in [-0.05, 0) is 77.4 Å². The molecular weight excluding hydrogens is 329 g/mol. The fraction of sp³-hybridized carbons (Fsp3) is 0.364. The topological polar surface area (TPSA) is 9.23 Å². The summed E-state index contributed by atoms with van der Waals surface area (Å²) in [5, 5.41) is 0. The Hall–Kier alpha value is -2.10. The van der Waals surface area contributed by atoms with Crippen molar-refractivity contribution < 1.29 is 13.5 Å². The minimum atomic E-state index is -0.354. The zero-order chi connectivity index (χ0) is 18.4. The Morgan fingerprint density at radius 2 is 1.77 bits per heavy atom. The molecule has 2 aromatic carbocycles. The van der Waals surface area contributed by atoms with Gasteiger partial charge < -0.3 is 4.74 Å². The van der Waals surface area contributed by atoms with E-state index in [0.29, 0.717) is 29.2 Å². The average Bonchev–Trinajstić information content (AvgIpc) is 2.92. The summed E-state index contributed by atoms with van der Waals surface area (Å²) in [6, 6.07) is 7.20. The van der Waals surface area contributed by atoms with Crippen molar-refractivity contribution in [1.82, 2.24) is 0 Å². The molecule has 2 aliphatic carbocycles. The monoisotopic (exact) mass is 352 g/mol. The molecule has 0 spiro atoms. The highest BCUT2D eigenvalue weighted by Crippen LogP contribution is 2.47. The van der Waals surface area contributed by atoms with E-state index in [0.717, 1.165) is 30.4 Å². The predicted octanol–water partition coefficient (Wildman–Crippen LogP) is 5.10. The van der Waals surface area contributed by atoms with Gasteiger partial charge in [0.15, 0.2) is 11.6 Å². The van der Waals surface area contributed by atoms with Crippen LogP contribution in [0.2, 0.25) is 0 Å². The van der Waals surface area contributed by atoms with E-state index in [-0.39, 0.29) is 23.2 Å². The number of rotatable bonds is 3. The fourth-order valence-electron chi connectivity index (χ4n) is 4.17. The molecule has 0 saturated heterocycles. The van der Waals surface area contributed by atoms with E-state index < -0.39 is 0 Å². The van der Waals surface area contributed by atoms with E-state index in [1.54, 1.807) is 19.1 Å². The van der Waals surface area contributed by atoms with Gasteiger partial charge in [0.25, 0.3) is 0 Å². The first-order valence-electron chi connectivity index (χ1n) is 9.39. The van der Waals surface area contributed by atoms with Crippen molar-refractivity contribution in [2.75, 3.05) is 6.61 Å². The lowest BCUT2D eigenvalue weighted by molar-refractivity contribution is 0.320. The van der Waals surface area contributed by atoms with Crippen molar-refractivity contribution in [3.05, 3.63) is 64.2 Å². The van der Waals surface area contributed by atoms with Gasteiger partial charge in [0, 0.05) is 0 Å². The van der Waals surface area contributed by atoms with Gasteiger partial charge in [0.1, 0.15) is 20.3 Å². The molecule has 0 bridgehead atoms. The van der Waals surface area contributed by atoms with Gasteiger partial charge in [0.05, 0.1) is 0 Å². The number of allylic oxidation sites excluding steroid dienone is 1. The van der Waals surface area contributed by atoms with Crippen LogP contribution in [-0.4, -0.2) is 14.5 Å². The zero-order valence-electron chi connectivity index (χ0n) is 15.5. The Kier molecular flexibility index (Phi) is 4.38. The maximum Gasteiger partial charge on any atom is 0.168 e. The van der Waals surface area contributed by atoms with E-state index >= 15 is 4.39 Å². The Morgan fingerprint density at radius 1 is 1.08 bits per heavy atom. The summed E-state index contributed by atoms with van der Waals surface area (Å²) in [5.74, 6) is 0.0917. The number of hydrogen-bond acceptors (Lipinski definition) is 1. The van der Waals surface area contributed by atoms with Gasteiger partial charge in [-0.15, -0.1) is 0 Å². The normalized spacial score (nSPS) is 21.2. The second-order valence-corrected chi connectivity index (χ2v) is 7.75. The minimum Gasteiger partial charge on any atom is -0.486 e. The molecule has 4 heteroatoms. The van der Waals surface area contributed by atoms with Gasteiger partial charge in [-0.1, -0.05) is 31.2 Å². The summed E-state index contributed by atoms with van der Waals surface area (Å²) < 4.78 is 35.6. The highest BCUT2D eigenvalue weighted by atomic mass is 19.1. The second kappa shape index (κ2) is 6.57. The maximum absolute atomic E-state index is 15.2. The van der Waals surface area contributed by atoms with Crippen LogP contribution in [0, 0.1) is 24.5 Å². The zero-order valence-corrected chi connectivity index (χ0v) is 15.5. The Morgan fingerprint density at radius 3 is 2.46 bits per heavy atom. The summed E-state index contributed by atoms with van der Waals surface area (Å²) >= 11 is 0. The molecule has 26 heavy (non-hydrogen) atoms. The molecule has 0 saturated carbocycles. The number of hydrogen-bond donors (Lipinski definition) is 0. The molecule has 2 atom stereocenters. The summed E-state index contributed by atoms with van der Waals surface area (Å²) in [6.07, 6.45) is 5.46. The molecule has 0 aromatic heterocycles. The van der Waals surface area contributed by atoms with E-state index in [1.807, 2.05) is 20.0 Å². The van der Waals surface area contributed by atoms with E-state index in [2.05, 4.69) is 13.0 Å². The molecule has 0 fully saturated rings. The van der Waals surface area contributed by atoms with Crippen LogP contribution in [0.5, 0.6) is 5.75 Å². The standard InChI is InChI=1S/C22H23BF2O/c1-12-3-6-14(7-4-12)11-26-17-10-9-16-15-8-5-13(2)21(24)18(15)20(23)19(16)22(17)25/h5-6,8-10,12,20H,3-4,7,11,23H2,1-2H3. The third kappa shape index (κ3) is 2.76. The van der Waals surface area contributed by atoms with Crippen LogP contribution in [0.3, 0.4) is 0 Å². The van der Waals surface area contributed by atoms with Crippen molar-refractivity contribution in [2.45, 2.75) is 38.9 Å². The molecule has 0 aliphatic heterocycles. The van der Waals surface area contributed by atoms with Crippen molar-refractivity contribution in [3.8, 4) is 16.9 Å². The molecule has 2 aliphatic rings. The Labute approximate surface area is 154 Å². The summed E-state index contributed by atoms with van der Waals surface area (Å²) in [4.78, 5) is 0. The first-order valence-corrected chi connectivity index (χ1v) is 9.39. The number of halogens is 2. The lowest BCUT2D eigenvalue weighted by atomic mass is 9.78. The van der Waals surface area contributed by atoms with Crippen LogP contribution in [-0.2, 0) is 0 Å². The van der Waals surface area contributed by atoms with Crippen LogP contribution in [0.25, 0.3) is 11.1 Å². The Bertz CT molecular complexity index is 904. The highest BCUT2D eigenvalue weighted by Gasteiger charge is 2.33. The van der Waals surface area contributed by atoms with Crippen LogP contribution >= 0.6 is 0 Å². The molecule has 0 radical (unpaired) electrons. The predicted molar refractivity (Wildman–Crippen MR) is 104 cm³/mol. The molecule has 0 N–H and O–H groups in total. The Balaban J connectivity index is 1.63. The average molecular weight is 352 g/mol. The van der Waals surface area contributed by atoms with Crippen molar-refractivity contribution >= 4 is 7.85 Å². The number of benzene rings is 2. The number of fused-ring (bicyclic) bond motifs is 3. The van der Waals surface area contributed by atoms with Gasteiger partial charge in [-0.25, -0.2) is 8.78 Å². The van der Waals surface area contributed by atoms with Gasteiger partial charge in [-0.3, -0.25) is 0 Å². The van der Waals surface area contributed by atoms with Gasteiger partial charge in [-0.2, -0.15) is 0 Å². The minimum absolute atomic E-state index is 0.227. The van der Waals surface area contributed by atoms with Crippen molar-refractivity contribution in [2.24, 2.45) is 5.92 Å². The van der Waals surface area contributed by atoms with E-state index in [1.165, 1.54) is 5.57 Å². The van der Waals surface area contributed by atoms with E-state index in [9.17, 15) is 4.39 Å². The smallest absolute Gasteiger partial charge is 0.168 e. The third-order valence-electron chi connectivity index (χ3n) is 5.85. The molecular formula is C22H23BF2O. The second-order valence-electron chi connectivity index (χ2n) is 7.75. The fourth-order valence-corrected chi connectivity index (χ4v) is 4.17. The molecule has 1 nitrogen and oxygen atoms in total. The van der Waals surface area contributed by atoms with Gasteiger partial charge in [0.2, 0.25) is 0 Å². The quantitative estimate of drug-likeness (QED) is 0.552. The SMILES string of the molecule is BC1c2c(ccc(C)c2F)-c2ccc(OCC3=CCC(C)CC3)c(F)c21. The lowest BCUT2D eigenvalue weighted by Gasteiger charge is -2.19. The van der Waals surface area contributed by atoms with Crippen LogP contribution in [0.1, 0.15) is 48.7 Å². The van der Waals surface area contributed by atoms with Crippen LogP contribution in [0.4, 0.5) is 8.78 Å². The first-order chi connectivity index (χ1) is 12.5.